The molecule has 2 saturated carbocycles. The van der Waals surface area contributed by atoms with Crippen LogP contribution in [0.3, 0.4) is 0 Å². The van der Waals surface area contributed by atoms with Crippen LogP contribution in [-0.2, 0) is 9.59 Å². The molecule has 35 heavy (non-hydrogen) atoms. The molecule has 2 aliphatic carbocycles. The van der Waals surface area contributed by atoms with Gasteiger partial charge in [-0.25, -0.2) is 0 Å². The number of ether oxygens (including phenoxy) is 1. The zero-order valence-electron chi connectivity index (χ0n) is 18.6. The van der Waals surface area contributed by atoms with Crippen LogP contribution in [0.4, 0.5) is 5.69 Å². The van der Waals surface area contributed by atoms with E-state index in [4.69, 9.17) is 4.74 Å². The third kappa shape index (κ3) is 3.24. The van der Waals surface area contributed by atoms with Crippen LogP contribution in [0.1, 0.15) is 28.3 Å². The molecule has 3 heterocycles. The zero-order chi connectivity index (χ0) is 24.0. The van der Waals surface area contributed by atoms with Gasteiger partial charge in [-0.15, -0.1) is 11.8 Å². The molecule has 9 heteroatoms. The molecule has 0 unspecified atom stereocenters. The molecule has 1 aromatic heterocycles. The number of carbonyl (C=O) groups excluding carboxylic acids is 2. The molecule has 178 valence electrons. The number of anilines is 1. The molecular formula is C26H21BrN2O4S2. The van der Waals surface area contributed by atoms with E-state index in [0.717, 1.165) is 37.6 Å². The Morgan fingerprint density at radius 3 is 2.74 bits per heavy atom. The SMILES string of the molecule is Cc1ccc(NC(=O)[C@@H]2[C@H]3C[C@H]4[C@@H]2C(=O)Oc2ccc(Br)cc2[C@@H]2c5sc(=O)[nH]c5S[C@H]3[C@@H]24)cc1. The van der Waals surface area contributed by atoms with Crippen LogP contribution >= 0.6 is 39.0 Å². The summed E-state index contributed by atoms with van der Waals surface area (Å²) >= 11 is 6.52. The molecule has 2 aliphatic heterocycles. The third-order valence-corrected chi connectivity index (χ3v) is 11.2. The number of hydrogen-bond donors (Lipinski definition) is 2. The predicted octanol–water partition coefficient (Wildman–Crippen LogP) is 5.17. The van der Waals surface area contributed by atoms with Gasteiger partial charge in [0, 0.05) is 31.8 Å². The van der Waals surface area contributed by atoms with Gasteiger partial charge in [0.15, 0.2) is 0 Å². The van der Waals surface area contributed by atoms with Gasteiger partial charge >= 0.3 is 10.8 Å². The van der Waals surface area contributed by atoms with Crippen molar-refractivity contribution >= 4 is 56.6 Å². The molecule has 4 aliphatic rings. The Hall–Kier alpha value is -2.36. The maximum Gasteiger partial charge on any atom is 0.315 e. The molecule has 2 bridgehead atoms. The summed E-state index contributed by atoms with van der Waals surface area (Å²) in [6, 6.07) is 13.4. The fourth-order valence-electron chi connectivity index (χ4n) is 6.86. The first-order valence-electron chi connectivity index (χ1n) is 11.7. The largest absolute Gasteiger partial charge is 0.426 e. The van der Waals surface area contributed by atoms with Crippen molar-refractivity contribution in [3.8, 4) is 5.75 Å². The third-order valence-electron chi connectivity index (χ3n) is 8.12. The highest BCUT2D eigenvalue weighted by Gasteiger charge is 2.67. The molecule has 0 saturated heterocycles. The van der Waals surface area contributed by atoms with Crippen LogP contribution in [0.2, 0.25) is 0 Å². The Balaban J connectivity index is 1.35. The van der Waals surface area contributed by atoms with Crippen LogP contribution < -0.4 is 14.9 Å². The van der Waals surface area contributed by atoms with Crippen molar-refractivity contribution < 1.29 is 14.3 Å². The summed E-state index contributed by atoms with van der Waals surface area (Å²) in [4.78, 5) is 43.6. The molecule has 0 radical (unpaired) electrons. The average Bonchev–Trinajstić information content (AvgIpc) is 3.50. The maximum absolute atomic E-state index is 13.6. The number of amides is 1. The van der Waals surface area contributed by atoms with Gasteiger partial charge in [0.05, 0.1) is 16.9 Å². The number of aromatic amines is 1. The molecule has 6 nitrogen and oxygen atoms in total. The minimum absolute atomic E-state index is 0.0289. The molecule has 7 rings (SSSR count). The van der Waals surface area contributed by atoms with Crippen molar-refractivity contribution in [2.45, 2.75) is 29.5 Å². The Kier molecular flexibility index (Phi) is 4.89. The van der Waals surface area contributed by atoms with Crippen molar-refractivity contribution in [1.82, 2.24) is 4.98 Å². The predicted molar refractivity (Wildman–Crippen MR) is 138 cm³/mol. The van der Waals surface area contributed by atoms with Gasteiger partial charge in [0.2, 0.25) is 5.91 Å². The summed E-state index contributed by atoms with van der Waals surface area (Å²) in [6.07, 6.45) is 0.813. The highest BCUT2D eigenvalue weighted by molar-refractivity contribution is 9.10. The number of fused-ring (bicyclic) bond motifs is 6. The smallest absolute Gasteiger partial charge is 0.315 e. The van der Waals surface area contributed by atoms with Crippen LogP contribution in [-0.4, -0.2) is 22.1 Å². The van der Waals surface area contributed by atoms with Crippen molar-refractivity contribution in [3.63, 3.8) is 0 Å². The standard InChI is InChI=1S/C26H21BrN2O4S2/c1-10-2-5-12(6-3-10)28-23(30)19-15-9-14-18-17(22-24(34-21(15)18)29-26(32)35-22)13-8-11(27)4-7-16(13)33-25(31)20(14)19/h2-8,14-15,17-21H,9H2,1H3,(H,28,30)(H,29,32)/t14-,15-,17+,18-,19-,20+,21-/m1/s1. The number of nitrogens with one attached hydrogen (secondary N) is 2. The lowest BCUT2D eigenvalue weighted by Gasteiger charge is -2.46. The van der Waals surface area contributed by atoms with E-state index >= 15 is 0 Å². The summed E-state index contributed by atoms with van der Waals surface area (Å²) in [7, 11) is 0. The van der Waals surface area contributed by atoms with E-state index in [1.807, 2.05) is 49.4 Å². The van der Waals surface area contributed by atoms with Gasteiger partial charge in [0.1, 0.15) is 5.75 Å². The van der Waals surface area contributed by atoms with Crippen LogP contribution in [0, 0.1) is 36.5 Å². The topological polar surface area (TPSA) is 88.3 Å². The van der Waals surface area contributed by atoms with Crippen LogP contribution in [0.25, 0.3) is 0 Å². The molecule has 2 fully saturated rings. The van der Waals surface area contributed by atoms with E-state index in [9.17, 15) is 14.4 Å². The van der Waals surface area contributed by atoms with Gasteiger partial charge < -0.3 is 15.0 Å². The van der Waals surface area contributed by atoms with Gasteiger partial charge in [-0.3, -0.25) is 14.4 Å². The minimum Gasteiger partial charge on any atom is -0.426 e. The number of aryl methyl sites for hydroxylation is 1. The molecule has 0 spiro atoms. The number of thioether (sulfide) groups is 1. The van der Waals surface area contributed by atoms with Crippen molar-refractivity contribution in [2.75, 3.05) is 5.32 Å². The van der Waals surface area contributed by atoms with Crippen molar-refractivity contribution in [3.05, 3.63) is 72.6 Å². The van der Waals surface area contributed by atoms with Gasteiger partial charge in [-0.05, 0) is 61.4 Å². The monoisotopic (exact) mass is 568 g/mol. The van der Waals surface area contributed by atoms with Crippen molar-refractivity contribution in [1.29, 1.82) is 0 Å². The van der Waals surface area contributed by atoms with Gasteiger partial charge in [-0.1, -0.05) is 45.0 Å². The fraction of sp³-hybridized carbons (Fsp3) is 0.346. The second-order valence-electron chi connectivity index (χ2n) is 9.92. The second kappa shape index (κ2) is 7.82. The first kappa shape index (κ1) is 21.9. The summed E-state index contributed by atoms with van der Waals surface area (Å²) in [5.41, 5.74) is 2.78. The van der Waals surface area contributed by atoms with E-state index in [-0.39, 0.29) is 45.7 Å². The van der Waals surface area contributed by atoms with E-state index in [2.05, 4.69) is 26.2 Å². The molecule has 7 atom stereocenters. The first-order chi connectivity index (χ1) is 16.9. The van der Waals surface area contributed by atoms with E-state index < -0.39 is 11.8 Å². The molecular weight excluding hydrogens is 548 g/mol. The van der Waals surface area contributed by atoms with Gasteiger partial charge in [-0.2, -0.15) is 0 Å². The lowest BCUT2D eigenvalue weighted by Crippen LogP contribution is -2.50. The number of H-pyrrole nitrogens is 1. The summed E-state index contributed by atoms with van der Waals surface area (Å²) in [6.45, 7) is 2.00. The Bertz CT molecular complexity index is 1450. The quantitative estimate of drug-likeness (QED) is 0.329. The summed E-state index contributed by atoms with van der Waals surface area (Å²) in [5, 5.41) is 4.10. The highest BCUT2D eigenvalue weighted by Crippen LogP contribution is 2.68. The molecule has 3 aromatic rings. The van der Waals surface area contributed by atoms with E-state index in [1.165, 1.54) is 11.3 Å². The van der Waals surface area contributed by atoms with E-state index in [0.29, 0.717) is 5.75 Å². The van der Waals surface area contributed by atoms with Gasteiger partial charge in [0.25, 0.3) is 0 Å². The second-order valence-corrected chi connectivity index (χ2v) is 13.0. The number of hydrogen-bond acceptors (Lipinski definition) is 6. The number of rotatable bonds is 2. The van der Waals surface area contributed by atoms with Crippen LogP contribution in [0.15, 0.2) is 56.8 Å². The Labute approximate surface area is 218 Å². The molecule has 2 aromatic carbocycles. The lowest BCUT2D eigenvalue weighted by molar-refractivity contribution is -0.147. The Morgan fingerprint density at radius 2 is 1.94 bits per heavy atom. The first-order valence-corrected chi connectivity index (χ1v) is 14.2. The summed E-state index contributed by atoms with van der Waals surface area (Å²) in [5.74, 6) is -0.701. The molecule has 1 amide bonds. The van der Waals surface area contributed by atoms with E-state index in [1.54, 1.807) is 11.8 Å². The van der Waals surface area contributed by atoms with Crippen molar-refractivity contribution in [2.24, 2.45) is 29.6 Å². The highest BCUT2D eigenvalue weighted by atomic mass is 79.9. The lowest BCUT2D eigenvalue weighted by atomic mass is 9.66. The normalized spacial score (nSPS) is 31.7. The van der Waals surface area contributed by atoms with Crippen LogP contribution in [0.5, 0.6) is 5.75 Å². The fourth-order valence-corrected chi connectivity index (χ4v) is 10.1. The maximum atomic E-state index is 13.6. The Morgan fingerprint density at radius 1 is 1.14 bits per heavy atom. The average molecular weight is 570 g/mol. The zero-order valence-corrected chi connectivity index (χ0v) is 21.8. The summed E-state index contributed by atoms with van der Waals surface area (Å²) < 4.78 is 6.91. The number of benzene rings is 2. The minimum atomic E-state index is -0.496. The number of thiazole rings is 1. The molecule has 2 N–H and O–H groups in total. The number of halogens is 1. The number of esters is 1. The number of carbonyl (C=O) groups is 2. The number of aromatic nitrogens is 1.